The minimum absolute atomic E-state index is 0.00933. The van der Waals surface area contributed by atoms with Crippen molar-refractivity contribution in [3.63, 3.8) is 0 Å². The Morgan fingerprint density at radius 1 is 1.59 bits per heavy atom. The number of hydrogen-bond donors (Lipinski definition) is 1. The van der Waals surface area contributed by atoms with Crippen LogP contribution in [0.25, 0.3) is 0 Å². The predicted octanol–water partition coefficient (Wildman–Crippen LogP) is 1.52. The van der Waals surface area contributed by atoms with Gasteiger partial charge in [0.2, 0.25) is 15.8 Å². The van der Waals surface area contributed by atoms with Crippen LogP contribution in [-0.2, 0) is 10.0 Å². The number of carboxylic acid groups (broad SMARTS) is 1. The van der Waals surface area contributed by atoms with E-state index < -0.39 is 21.8 Å². The largest absolute Gasteiger partial charge is 0.475 e. The van der Waals surface area contributed by atoms with Gasteiger partial charge in [0.15, 0.2) is 4.67 Å². The van der Waals surface area contributed by atoms with Gasteiger partial charge in [0.1, 0.15) is 4.90 Å². The Balaban J connectivity index is 2.42. The van der Waals surface area contributed by atoms with Crippen LogP contribution in [0.3, 0.4) is 0 Å². The molecule has 0 bridgehead atoms. The van der Waals surface area contributed by atoms with Gasteiger partial charge < -0.3 is 9.52 Å². The second-order valence-electron chi connectivity index (χ2n) is 3.81. The van der Waals surface area contributed by atoms with Crippen LogP contribution in [0, 0.1) is 0 Å². The van der Waals surface area contributed by atoms with Gasteiger partial charge >= 0.3 is 5.97 Å². The lowest BCUT2D eigenvalue weighted by Gasteiger charge is -2.14. The molecule has 0 aliphatic heterocycles. The Morgan fingerprint density at radius 2 is 2.18 bits per heavy atom. The van der Waals surface area contributed by atoms with Crippen molar-refractivity contribution in [1.29, 1.82) is 0 Å². The van der Waals surface area contributed by atoms with E-state index in [1.54, 1.807) is 0 Å². The first-order chi connectivity index (χ1) is 7.84. The molecule has 0 aromatic carbocycles. The molecule has 1 heterocycles. The van der Waals surface area contributed by atoms with E-state index in [2.05, 4.69) is 15.9 Å². The second-order valence-corrected chi connectivity index (χ2v) is 6.49. The highest BCUT2D eigenvalue weighted by atomic mass is 79.9. The first-order valence-electron chi connectivity index (χ1n) is 4.84. The summed E-state index contributed by atoms with van der Waals surface area (Å²) >= 11 is 2.92. The zero-order valence-electron chi connectivity index (χ0n) is 8.88. The van der Waals surface area contributed by atoms with Crippen molar-refractivity contribution in [3.05, 3.63) is 16.5 Å². The molecule has 1 fully saturated rings. The smallest absolute Gasteiger partial charge is 0.371 e. The van der Waals surface area contributed by atoms with Crippen molar-refractivity contribution in [3.8, 4) is 0 Å². The van der Waals surface area contributed by atoms with Gasteiger partial charge in [-0.3, -0.25) is 0 Å². The molecule has 94 valence electrons. The number of carboxylic acids is 1. The zero-order chi connectivity index (χ0) is 12.8. The lowest BCUT2D eigenvalue weighted by atomic mass is 10.5. The van der Waals surface area contributed by atoms with Crippen molar-refractivity contribution in [1.82, 2.24) is 4.31 Å². The van der Waals surface area contributed by atoms with Gasteiger partial charge in [-0.05, 0) is 28.8 Å². The van der Waals surface area contributed by atoms with E-state index >= 15 is 0 Å². The summed E-state index contributed by atoms with van der Waals surface area (Å²) < 4.78 is 30.2. The number of nitrogens with zero attached hydrogens (tertiary/aromatic N) is 1. The zero-order valence-corrected chi connectivity index (χ0v) is 11.3. The molecule has 6 nitrogen and oxygen atoms in total. The van der Waals surface area contributed by atoms with Crippen molar-refractivity contribution in [2.24, 2.45) is 0 Å². The Labute approximate surface area is 106 Å². The number of sulfonamides is 1. The molecule has 1 aromatic rings. The van der Waals surface area contributed by atoms with E-state index in [-0.39, 0.29) is 15.6 Å². The fraction of sp³-hybridized carbons (Fsp3) is 0.444. The first kappa shape index (κ1) is 12.6. The van der Waals surface area contributed by atoms with Crippen LogP contribution in [0.4, 0.5) is 0 Å². The molecular weight excluding hydrogens is 314 g/mol. The lowest BCUT2D eigenvalue weighted by Crippen LogP contribution is -2.28. The van der Waals surface area contributed by atoms with E-state index in [0.717, 1.165) is 18.9 Å². The number of rotatable bonds is 4. The summed E-state index contributed by atoms with van der Waals surface area (Å²) in [6, 6.07) is 1.02. The van der Waals surface area contributed by atoms with Crippen LogP contribution in [-0.4, -0.2) is 36.9 Å². The van der Waals surface area contributed by atoms with Crippen LogP contribution < -0.4 is 0 Å². The average Bonchev–Trinajstić information content (AvgIpc) is 2.99. The third kappa shape index (κ3) is 2.24. The fourth-order valence-corrected chi connectivity index (χ4v) is 3.74. The molecular formula is C9H10BrNO5S. The topological polar surface area (TPSA) is 87.8 Å². The molecule has 1 saturated carbocycles. The van der Waals surface area contributed by atoms with Gasteiger partial charge in [-0.25, -0.2) is 13.2 Å². The number of furan rings is 1. The SMILES string of the molecule is CN(C1CC1)S(=O)(=O)c1cc(C(=O)O)oc1Br. The summed E-state index contributed by atoms with van der Waals surface area (Å²) in [6.45, 7) is 0. The van der Waals surface area contributed by atoms with Gasteiger partial charge in [-0.15, -0.1) is 0 Å². The predicted molar refractivity (Wildman–Crippen MR) is 61.3 cm³/mol. The maximum Gasteiger partial charge on any atom is 0.371 e. The third-order valence-electron chi connectivity index (χ3n) is 2.58. The monoisotopic (exact) mass is 323 g/mol. The summed E-state index contributed by atoms with van der Waals surface area (Å²) in [5.41, 5.74) is 0. The van der Waals surface area contributed by atoms with Crippen molar-refractivity contribution >= 4 is 31.9 Å². The third-order valence-corrected chi connectivity index (χ3v) is 5.35. The van der Waals surface area contributed by atoms with E-state index in [1.165, 1.54) is 11.4 Å². The minimum atomic E-state index is -3.69. The highest BCUT2D eigenvalue weighted by Gasteiger charge is 2.37. The summed E-state index contributed by atoms with van der Waals surface area (Å²) in [7, 11) is -2.21. The van der Waals surface area contributed by atoms with Gasteiger partial charge in [-0.2, -0.15) is 4.31 Å². The number of halogens is 1. The summed E-state index contributed by atoms with van der Waals surface area (Å²) in [4.78, 5) is 10.5. The van der Waals surface area contributed by atoms with Crippen molar-refractivity contribution in [2.75, 3.05) is 7.05 Å². The first-order valence-corrected chi connectivity index (χ1v) is 7.08. The van der Waals surface area contributed by atoms with Crippen LogP contribution in [0.15, 0.2) is 20.0 Å². The molecule has 1 aromatic heterocycles. The molecule has 0 atom stereocenters. The number of hydrogen-bond acceptors (Lipinski definition) is 4. The Kier molecular flexibility index (Phi) is 3.04. The van der Waals surface area contributed by atoms with Gasteiger partial charge in [0.25, 0.3) is 0 Å². The maximum atomic E-state index is 12.1. The Hall–Kier alpha value is -0.860. The van der Waals surface area contributed by atoms with Crippen LogP contribution in [0.2, 0.25) is 0 Å². The van der Waals surface area contributed by atoms with E-state index in [9.17, 15) is 13.2 Å². The fourth-order valence-electron chi connectivity index (χ4n) is 1.42. The standard InChI is InChI=1S/C9H10BrNO5S/c1-11(5-2-3-5)17(14,15)7-4-6(9(12)13)16-8(7)10/h4-5H,2-3H2,1H3,(H,12,13). The molecule has 1 aliphatic carbocycles. The Bertz CT molecular complexity index is 560. The molecule has 2 rings (SSSR count). The molecule has 0 unspecified atom stereocenters. The summed E-state index contributed by atoms with van der Waals surface area (Å²) in [5, 5.41) is 8.73. The molecule has 0 amide bonds. The van der Waals surface area contributed by atoms with Gasteiger partial charge in [-0.1, -0.05) is 0 Å². The molecule has 17 heavy (non-hydrogen) atoms. The lowest BCUT2D eigenvalue weighted by molar-refractivity contribution is 0.0661. The highest BCUT2D eigenvalue weighted by molar-refractivity contribution is 9.10. The molecule has 1 aliphatic rings. The molecule has 0 radical (unpaired) electrons. The highest BCUT2D eigenvalue weighted by Crippen LogP contribution is 2.34. The van der Waals surface area contributed by atoms with E-state index in [4.69, 9.17) is 9.52 Å². The normalized spacial score (nSPS) is 16.4. The average molecular weight is 324 g/mol. The summed E-state index contributed by atoms with van der Waals surface area (Å²) in [6.07, 6.45) is 1.66. The van der Waals surface area contributed by atoms with Gasteiger partial charge in [0, 0.05) is 19.2 Å². The minimum Gasteiger partial charge on any atom is -0.475 e. The van der Waals surface area contributed by atoms with Crippen molar-refractivity contribution in [2.45, 2.75) is 23.8 Å². The van der Waals surface area contributed by atoms with Crippen LogP contribution in [0.5, 0.6) is 0 Å². The maximum absolute atomic E-state index is 12.1. The molecule has 0 spiro atoms. The molecule has 0 saturated heterocycles. The summed E-state index contributed by atoms with van der Waals surface area (Å²) in [5.74, 6) is -1.71. The van der Waals surface area contributed by atoms with Crippen LogP contribution in [0.1, 0.15) is 23.4 Å². The molecule has 8 heteroatoms. The van der Waals surface area contributed by atoms with E-state index in [0.29, 0.717) is 0 Å². The van der Waals surface area contributed by atoms with Gasteiger partial charge in [0.05, 0.1) is 0 Å². The molecule has 1 N–H and O–H groups in total. The number of aromatic carboxylic acids is 1. The Morgan fingerprint density at radius 3 is 2.59 bits per heavy atom. The van der Waals surface area contributed by atoms with Crippen LogP contribution >= 0.6 is 15.9 Å². The van der Waals surface area contributed by atoms with E-state index in [1.807, 2.05) is 0 Å². The number of carbonyl (C=O) groups is 1. The second kappa shape index (κ2) is 4.11. The van der Waals surface area contributed by atoms with Crippen molar-refractivity contribution < 1.29 is 22.7 Å². The quantitative estimate of drug-likeness (QED) is 0.907.